The first-order valence-corrected chi connectivity index (χ1v) is 6.79. The van der Waals surface area contributed by atoms with E-state index in [2.05, 4.69) is 27.9 Å². The van der Waals surface area contributed by atoms with Crippen LogP contribution in [0.4, 0.5) is 0 Å². The fourth-order valence-electron chi connectivity index (χ4n) is 1.53. The smallest absolute Gasteiger partial charge is 0.321 e. The molecule has 1 heterocycles. The molecule has 0 spiro atoms. The predicted molar refractivity (Wildman–Crippen MR) is 70.6 cm³/mol. The molecule has 2 rings (SSSR count). The van der Waals surface area contributed by atoms with Gasteiger partial charge in [-0.3, -0.25) is 10.1 Å². The van der Waals surface area contributed by atoms with Gasteiger partial charge in [0.2, 0.25) is 0 Å². The van der Waals surface area contributed by atoms with Gasteiger partial charge in [-0.1, -0.05) is 0 Å². The Hall–Kier alpha value is -0.470. The number of aliphatic carboxylic acids is 1. The van der Waals surface area contributed by atoms with Crippen molar-refractivity contribution in [1.82, 2.24) is 5.32 Å². The molecule has 16 heavy (non-hydrogen) atoms. The van der Waals surface area contributed by atoms with Crippen molar-refractivity contribution in [3.05, 3.63) is 27.3 Å². The Balaban J connectivity index is 2.20. The number of nitrogens with one attached hydrogen (secondary N) is 1. The van der Waals surface area contributed by atoms with Gasteiger partial charge in [-0.05, 0) is 40.8 Å². The Kier molecular flexibility index (Phi) is 3.60. The minimum atomic E-state index is -0.847. The lowest BCUT2D eigenvalue weighted by Crippen LogP contribution is -2.33. The number of aromatic hydroxyl groups is 1. The minimum absolute atomic E-state index is 0.143. The van der Waals surface area contributed by atoms with Crippen molar-refractivity contribution in [2.75, 3.05) is 5.75 Å². The van der Waals surface area contributed by atoms with E-state index in [0.717, 1.165) is 9.13 Å². The maximum Gasteiger partial charge on any atom is 0.321 e. The van der Waals surface area contributed by atoms with Gasteiger partial charge in [0, 0.05) is 14.9 Å². The van der Waals surface area contributed by atoms with E-state index in [9.17, 15) is 9.90 Å². The number of halogens is 1. The van der Waals surface area contributed by atoms with Crippen molar-refractivity contribution in [1.29, 1.82) is 0 Å². The van der Waals surface area contributed by atoms with Crippen molar-refractivity contribution in [3.8, 4) is 5.75 Å². The number of benzene rings is 1. The van der Waals surface area contributed by atoms with Gasteiger partial charge < -0.3 is 10.2 Å². The number of carboxylic acids is 1. The number of rotatable bonds is 2. The number of hydrogen-bond donors (Lipinski definition) is 3. The highest BCUT2D eigenvalue weighted by Crippen LogP contribution is 2.37. The highest BCUT2D eigenvalue weighted by Gasteiger charge is 2.31. The monoisotopic (exact) mass is 351 g/mol. The molecule has 2 unspecified atom stereocenters. The van der Waals surface area contributed by atoms with Gasteiger partial charge in [0.25, 0.3) is 0 Å². The number of phenols is 1. The van der Waals surface area contributed by atoms with Gasteiger partial charge in [-0.15, -0.1) is 11.8 Å². The average Bonchev–Trinajstić information content (AvgIpc) is 2.70. The third-order valence-electron chi connectivity index (χ3n) is 2.35. The number of phenolic OH excluding ortho intramolecular Hbond substituents is 1. The van der Waals surface area contributed by atoms with Gasteiger partial charge in [0.15, 0.2) is 0 Å². The van der Waals surface area contributed by atoms with E-state index in [1.165, 1.54) is 11.8 Å². The van der Waals surface area contributed by atoms with E-state index >= 15 is 0 Å². The van der Waals surface area contributed by atoms with Gasteiger partial charge in [0.1, 0.15) is 11.8 Å². The zero-order valence-corrected chi connectivity index (χ0v) is 11.2. The van der Waals surface area contributed by atoms with E-state index < -0.39 is 12.0 Å². The SMILES string of the molecule is O=C(O)C1CSC(c2cc(I)ccc2O)N1. The van der Waals surface area contributed by atoms with Crippen molar-refractivity contribution in [2.45, 2.75) is 11.4 Å². The Bertz CT molecular complexity index is 427. The Morgan fingerprint density at radius 2 is 2.31 bits per heavy atom. The summed E-state index contributed by atoms with van der Waals surface area (Å²) < 4.78 is 1.02. The molecule has 0 amide bonds. The summed E-state index contributed by atoms with van der Waals surface area (Å²) in [5.41, 5.74) is 0.751. The van der Waals surface area contributed by atoms with Gasteiger partial charge >= 0.3 is 5.97 Å². The zero-order valence-electron chi connectivity index (χ0n) is 8.18. The summed E-state index contributed by atoms with van der Waals surface area (Å²) >= 11 is 3.66. The molecule has 1 aliphatic heterocycles. The minimum Gasteiger partial charge on any atom is -0.508 e. The van der Waals surface area contributed by atoms with E-state index in [1.54, 1.807) is 6.07 Å². The first-order chi connectivity index (χ1) is 7.58. The maximum atomic E-state index is 10.8. The van der Waals surface area contributed by atoms with Crippen LogP contribution in [0.2, 0.25) is 0 Å². The summed E-state index contributed by atoms with van der Waals surface area (Å²) in [5.74, 6) is -0.123. The van der Waals surface area contributed by atoms with E-state index in [4.69, 9.17) is 5.11 Å². The molecule has 2 atom stereocenters. The van der Waals surface area contributed by atoms with Crippen LogP contribution in [0.5, 0.6) is 5.75 Å². The molecule has 86 valence electrons. The van der Waals surface area contributed by atoms with Crippen LogP contribution in [0.15, 0.2) is 18.2 Å². The zero-order chi connectivity index (χ0) is 11.7. The molecule has 0 aromatic heterocycles. The highest BCUT2D eigenvalue weighted by atomic mass is 127. The molecule has 0 aliphatic carbocycles. The normalized spacial score (nSPS) is 24.6. The van der Waals surface area contributed by atoms with Crippen LogP contribution in [0.3, 0.4) is 0 Å². The standard InChI is InChI=1S/C10H10INO3S/c11-5-1-2-8(13)6(3-5)9-12-7(4-16-9)10(14)15/h1-3,7,9,12-13H,4H2,(H,14,15). The quantitative estimate of drug-likeness (QED) is 0.709. The molecular weight excluding hydrogens is 341 g/mol. The van der Waals surface area contributed by atoms with Crippen LogP contribution in [-0.4, -0.2) is 28.0 Å². The molecule has 1 aromatic carbocycles. The maximum absolute atomic E-state index is 10.8. The first-order valence-electron chi connectivity index (χ1n) is 4.67. The summed E-state index contributed by atoms with van der Waals surface area (Å²) in [7, 11) is 0. The Morgan fingerprint density at radius 1 is 1.56 bits per heavy atom. The summed E-state index contributed by atoms with van der Waals surface area (Å²) in [6.45, 7) is 0. The Labute approximate surface area is 111 Å². The second-order valence-electron chi connectivity index (χ2n) is 3.47. The molecule has 1 fully saturated rings. The fourth-order valence-corrected chi connectivity index (χ4v) is 3.30. The molecule has 1 saturated heterocycles. The second-order valence-corrected chi connectivity index (χ2v) is 5.86. The lowest BCUT2D eigenvalue weighted by Gasteiger charge is -2.13. The molecule has 1 aliphatic rings. The lowest BCUT2D eigenvalue weighted by molar-refractivity contribution is -0.138. The van der Waals surface area contributed by atoms with Gasteiger partial charge in [0.05, 0.1) is 5.37 Å². The van der Waals surface area contributed by atoms with Crippen molar-refractivity contribution in [2.24, 2.45) is 0 Å². The van der Waals surface area contributed by atoms with Crippen molar-refractivity contribution >= 4 is 40.3 Å². The first kappa shape index (κ1) is 12.0. The molecular formula is C10H10INO3S. The van der Waals surface area contributed by atoms with Crippen LogP contribution < -0.4 is 5.32 Å². The fraction of sp³-hybridized carbons (Fsp3) is 0.300. The second kappa shape index (κ2) is 4.80. The van der Waals surface area contributed by atoms with Gasteiger partial charge in [-0.2, -0.15) is 0 Å². The van der Waals surface area contributed by atoms with E-state index in [1.807, 2.05) is 12.1 Å². The molecule has 4 nitrogen and oxygen atoms in total. The summed E-state index contributed by atoms with van der Waals surface area (Å²) in [6, 6.07) is 4.78. The van der Waals surface area contributed by atoms with E-state index in [-0.39, 0.29) is 11.1 Å². The Morgan fingerprint density at radius 3 is 2.94 bits per heavy atom. The van der Waals surface area contributed by atoms with Crippen molar-refractivity contribution in [3.63, 3.8) is 0 Å². The number of carbonyl (C=O) groups is 1. The molecule has 0 bridgehead atoms. The number of hydrogen-bond acceptors (Lipinski definition) is 4. The largest absolute Gasteiger partial charge is 0.508 e. The summed E-state index contributed by atoms with van der Waals surface area (Å²) in [4.78, 5) is 10.8. The van der Waals surface area contributed by atoms with E-state index in [0.29, 0.717) is 5.75 Å². The average molecular weight is 351 g/mol. The van der Waals surface area contributed by atoms with Crippen LogP contribution in [0.25, 0.3) is 0 Å². The molecule has 0 saturated carbocycles. The number of thioether (sulfide) groups is 1. The topological polar surface area (TPSA) is 69.6 Å². The molecule has 3 N–H and O–H groups in total. The lowest BCUT2D eigenvalue weighted by atomic mass is 10.2. The third kappa shape index (κ3) is 2.44. The third-order valence-corrected chi connectivity index (χ3v) is 4.27. The number of carboxylic acid groups (broad SMARTS) is 1. The molecule has 1 aromatic rings. The predicted octanol–water partition coefficient (Wildman–Crippen LogP) is 1.78. The van der Waals surface area contributed by atoms with Crippen LogP contribution in [0.1, 0.15) is 10.9 Å². The summed E-state index contributed by atoms with van der Waals surface area (Å²) in [6.07, 6.45) is 0. The molecule has 6 heteroatoms. The van der Waals surface area contributed by atoms with Gasteiger partial charge in [-0.25, -0.2) is 0 Å². The molecule has 0 radical (unpaired) electrons. The summed E-state index contributed by atoms with van der Waals surface area (Å²) in [5, 5.41) is 21.4. The van der Waals surface area contributed by atoms with Crippen LogP contribution in [-0.2, 0) is 4.79 Å². The van der Waals surface area contributed by atoms with Crippen LogP contribution in [0, 0.1) is 3.57 Å². The van der Waals surface area contributed by atoms with Crippen LogP contribution >= 0.6 is 34.4 Å². The highest BCUT2D eigenvalue weighted by molar-refractivity contribution is 14.1. The van der Waals surface area contributed by atoms with Crippen molar-refractivity contribution < 1.29 is 15.0 Å².